The van der Waals surface area contributed by atoms with Crippen molar-refractivity contribution in [2.45, 2.75) is 18.9 Å². The van der Waals surface area contributed by atoms with Gasteiger partial charge in [-0.2, -0.15) is 0 Å². The first-order valence-electron chi connectivity index (χ1n) is 5.35. The first kappa shape index (κ1) is 11.0. The second-order valence-electron chi connectivity index (χ2n) is 3.92. The molecular weight excluding hydrogens is 206 g/mol. The fourth-order valence-electron chi connectivity index (χ4n) is 2.12. The highest BCUT2D eigenvalue weighted by Gasteiger charge is 2.21. The zero-order valence-corrected chi connectivity index (χ0v) is 9.19. The van der Waals surface area contributed by atoms with Crippen molar-refractivity contribution in [3.05, 3.63) is 23.3 Å². The summed E-state index contributed by atoms with van der Waals surface area (Å²) in [6, 6.07) is 3.39. The lowest BCUT2D eigenvalue weighted by atomic mass is 9.99. The van der Waals surface area contributed by atoms with Crippen LogP contribution in [0.2, 0.25) is 0 Å². The van der Waals surface area contributed by atoms with Gasteiger partial charge in [-0.3, -0.25) is 4.79 Å². The summed E-state index contributed by atoms with van der Waals surface area (Å²) in [5.41, 5.74) is 1.43. The van der Waals surface area contributed by atoms with Gasteiger partial charge in [0.15, 0.2) is 17.8 Å². The van der Waals surface area contributed by atoms with Crippen LogP contribution in [0.25, 0.3) is 0 Å². The molecule has 0 bridgehead atoms. The monoisotopic (exact) mass is 221 g/mol. The van der Waals surface area contributed by atoms with Gasteiger partial charge in [0.2, 0.25) is 0 Å². The van der Waals surface area contributed by atoms with Gasteiger partial charge >= 0.3 is 0 Å². The van der Waals surface area contributed by atoms with E-state index in [-0.39, 0.29) is 11.8 Å². The van der Waals surface area contributed by atoms with Gasteiger partial charge in [0.25, 0.3) is 0 Å². The minimum atomic E-state index is 0.00588. The second-order valence-corrected chi connectivity index (χ2v) is 3.92. The SMILES string of the molecule is COc1cc(C2CCCN2)c(C=O)cc1O. The van der Waals surface area contributed by atoms with Crippen molar-refractivity contribution in [1.29, 1.82) is 0 Å². The predicted molar refractivity (Wildman–Crippen MR) is 60.0 cm³/mol. The molecule has 4 heteroatoms. The first-order valence-corrected chi connectivity index (χ1v) is 5.35. The molecule has 0 amide bonds. The van der Waals surface area contributed by atoms with Crippen molar-refractivity contribution < 1.29 is 14.6 Å². The molecular formula is C12H15NO3. The molecule has 1 aliphatic heterocycles. The van der Waals surface area contributed by atoms with E-state index in [1.54, 1.807) is 6.07 Å². The van der Waals surface area contributed by atoms with Crippen LogP contribution in [0, 0.1) is 0 Å². The molecule has 0 spiro atoms. The Kier molecular flexibility index (Phi) is 3.10. The number of methoxy groups -OCH3 is 1. The van der Waals surface area contributed by atoms with E-state index in [4.69, 9.17) is 4.74 Å². The largest absolute Gasteiger partial charge is 0.504 e. The average molecular weight is 221 g/mol. The number of phenols is 1. The van der Waals surface area contributed by atoms with Gasteiger partial charge < -0.3 is 15.2 Å². The average Bonchev–Trinajstić information content (AvgIpc) is 2.82. The Morgan fingerprint density at radius 3 is 2.94 bits per heavy atom. The van der Waals surface area contributed by atoms with Crippen LogP contribution in [0.4, 0.5) is 0 Å². The predicted octanol–water partition coefficient (Wildman–Crippen LogP) is 1.64. The van der Waals surface area contributed by atoms with Crippen molar-refractivity contribution in [2.24, 2.45) is 0 Å². The van der Waals surface area contributed by atoms with E-state index >= 15 is 0 Å². The molecule has 16 heavy (non-hydrogen) atoms. The van der Waals surface area contributed by atoms with E-state index in [9.17, 15) is 9.90 Å². The van der Waals surface area contributed by atoms with Gasteiger partial charge in [-0.1, -0.05) is 0 Å². The van der Waals surface area contributed by atoms with Crippen LogP contribution in [0.3, 0.4) is 0 Å². The van der Waals surface area contributed by atoms with Crippen LogP contribution in [0.5, 0.6) is 11.5 Å². The summed E-state index contributed by atoms with van der Waals surface area (Å²) in [4.78, 5) is 11.0. The third kappa shape index (κ3) is 1.88. The quantitative estimate of drug-likeness (QED) is 0.762. The van der Waals surface area contributed by atoms with Crippen LogP contribution in [0.1, 0.15) is 34.8 Å². The van der Waals surface area contributed by atoms with Gasteiger partial charge in [0, 0.05) is 11.6 Å². The van der Waals surface area contributed by atoms with Crippen LogP contribution < -0.4 is 10.1 Å². The van der Waals surface area contributed by atoms with Crippen molar-refractivity contribution in [3.8, 4) is 11.5 Å². The number of rotatable bonds is 3. The Balaban J connectivity index is 2.44. The fourth-order valence-corrected chi connectivity index (χ4v) is 2.12. The van der Waals surface area contributed by atoms with Gasteiger partial charge in [-0.25, -0.2) is 0 Å². The molecule has 1 atom stereocenters. The molecule has 1 unspecified atom stereocenters. The summed E-state index contributed by atoms with van der Waals surface area (Å²) in [5.74, 6) is 0.417. The van der Waals surface area contributed by atoms with Crippen molar-refractivity contribution in [3.63, 3.8) is 0 Å². The normalized spacial score (nSPS) is 19.7. The first-order chi connectivity index (χ1) is 7.76. The summed E-state index contributed by atoms with van der Waals surface area (Å²) < 4.78 is 5.05. The van der Waals surface area contributed by atoms with Crippen LogP contribution in [0.15, 0.2) is 12.1 Å². The Bertz CT molecular complexity index is 397. The molecule has 0 aromatic heterocycles. The molecule has 0 radical (unpaired) electrons. The minimum Gasteiger partial charge on any atom is -0.504 e. The number of hydrogen-bond acceptors (Lipinski definition) is 4. The Morgan fingerprint density at radius 1 is 1.56 bits per heavy atom. The van der Waals surface area contributed by atoms with E-state index in [1.807, 2.05) is 0 Å². The topological polar surface area (TPSA) is 58.6 Å². The summed E-state index contributed by atoms with van der Waals surface area (Å²) >= 11 is 0. The maximum absolute atomic E-state index is 11.0. The number of aromatic hydroxyl groups is 1. The molecule has 0 saturated carbocycles. The third-order valence-electron chi connectivity index (χ3n) is 2.95. The summed E-state index contributed by atoms with van der Waals surface area (Å²) in [6.07, 6.45) is 2.88. The van der Waals surface area contributed by atoms with Crippen molar-refractivity contribution >= 4 is 6.29 Å². The highest BCUT2D eigenvalue weighted by Crippen LogP contribution is 2.34. The van der Waals surface area contributed by atoms with Crippen molar-refractivity contribution in [1.82, 2.24) is 5.32 Å². The molecule has 1 saturated heterocycles. The number of carbonyl (C=O) groups excluding carboxylic acids is 1. The molecule has 2 N–H and O–H groups in total. The van der Waals surface area contributed by atoms with Crippen LogP contribution in [-0.2, 0) is 0 Å². The molecule has 1 aromatic rings. The zero-order valence-electron chi connectivity index (χ0n) is 9.19. The Morgan fingerprint density at radius 2 is 2.38 bits per heavy atom. The van der Waals surface area contributed by atoms with E-state index in [0.29, 0.717) is 11.3 Å². The number of nitrogens with one attached hydrogen (secondary N) is 1. The standard InChI is InChI=1S/C12H15NO3/c1-16-12-6-9(10-3-2-4-13-10)8(7-14)5-11(12)15/h5-7,10,13,15H,2-4H2,1H3. The van der Waals surface area contributed by atoms with Crippen LogP contribution in [-0.4, -0.2) is 25.0 Å². The van der Waals surface area contributed by atoms with Gasteiger partial charge in [0.1, 0.15) is 0 Å². The van der Waals surface area contributed by atoms with Gasteiger partial charge in [-0.05, 0) is 37.1 Å². The summed E-state index contributed by atoms with van der Waals surface area (Å²) in [7, 11) is 1.50. The molecule has 0 aliphatic carbocycles. The molecule has 1 heterocycles. The number of benzene rings is 1. The number of aldehydes is 1. The lowest BCUT2D eigenvalue weighted by molar-refractivity contribution is 0.112. The Hall–Kier alpha value is -1.55. The van der Waals surface area contributed by atoms with Crippen LogP contribution >= 0.6 is 0 Å². The molecule has 1 aromatic carbocycles. The van der Waals surface area contributed by atoms with E-state index in [0.717, 1.165) is 31.2 Å². The highest BCUT2D eigenvalue weighted by atomic mass is 16.5. The molecule has 2 rings (SSSR count). The highest BCUT2D eigenvalue weighted by molar-refractivity contribution is 5.79. The van der Waals surface area contributed by atoms with Gasteiger partial charge in [0.05, 0.1) is 7.11 Å². The second kappa shape index (κ2) is 4.53. The Labute approximate surface area is 94.2 Å². The molecule has 1 aliphatic rings. The lowest BCUT2D eigenvalue weighted by Gasteiger charge is -2.15. The smallest absolute Gasteiger partial charge is 0.160 e. The van der Waals surface area contributed by atoms with E-state index in [2.05, 4.69) is 5.32 Å². The number of hydrogen-bond donors (Lipinski definition) is 2. The van der Waals surface area contributed by atoms with E-state index < -0.39 is 0 Å². The number of phenolic OH excluding ortho intramolecular Hbond substituents is 1. The molecule has 1 fully saturated rings. The van der Waals surface area contributed by atoms with Crippen molar-refractivity contribution in [2.75, 3.05) is 13.7 Å². The fraction of sp³-hybridized carbons (Fsp3) is 0.417. The number of carbonyl (C=O) groups is 1. The van der Waals surface area contributed by atoms with Gasteiger partial charge in [-0.15, -0.1) is 0 Å². The summed E-state index contributed by atoms with van der Waals surface area (Å²) in [5, 5.41) is 12.9. The lowest BCUT2D eigenvalue weighted by Crippen LogP contribution is -2.14. The maximum atomic E-state index is 11.0. The van der Waals surface area contributed by atoms with E-state index in [1.165, 1.54) is 13.2 Å². The third-order valence-corrected chi connectivity index (χ3v) is 2.95. The number of ether oxygens (including phenoxy) is 1. The molecule has 86 valence electrons. The zero-order chi connectivity index (χ0) is 11.5. The summed E-state index contributed by atoms with van der Waals surface area (Å²) in [6.45, 7) is 0.964. The maximum Gasteiger partial charge on any atom is 0.160 e. The molecule has 4 nitrogen and oxygen atoms in total. The minimum absolute atomic E-state index is 0.00588.